The quantitative estimate of drug-likeness (QED) is 0.800. The van der Waals surface area contributed by atoms with E-state index in [0.717, 1.165) is 0 Å². The van der Waals surface area contributed by atoms with Crippen LogP contribution >= 0.6 is 23.4 Å². The predicted octanol–water partition coefficient (Wildman–Crippen LogP) is 2.73. The van der Waals surface area contributed by atoms with E-state index >= 15 is 0 Å². The molecule has 0 spiro atoms. The number of halogens is 1. The molecule has 0 fully saturated rings. The number of rotatable bonds is 5. The topological polar surface area (TPSA) is 69.5 Å². The van der Waals surface area contributed by atoms with E-state index in [-0.39, 0.29) is 18.4 Å². The van der Waals surface area contributed by atoms with Crippen molar-refractivity contribution in [2.24, 2.45) is 0 Å². The van der Waals surface area contributed by atoms with E-state index in [0.29, 0.717) is 29.4 Å². The Bertz CT molecular complexity index is 806. The number of carbonyl (C=O) groups is 3. The Balaban J connectivity index is 1.84. The molecule has 0 radical (unpaired) electrons. The van der Waals surface area contributed by atoms with Crippen LogP contribution in [-0.4, -0.2) is 51.4 Å². The molecule has 3 rings (SSSR count). The van der Waals surface area contributed by atoms with Gasteiger partial charge in [0.25, 0.3) is 5.91 Å². The molecule has 0 aliphatic carbocycles. The predicted molar refractivity (Wildman–Crippen MR) is 98.1 cm³/mol. The zero-order valence-electron chi connectivity index (χ0n) is 13.6. The van der Waals surface area contributed by atoms with Gasteiger partial charge in [0.05, 0.1) is 17.3 Å². The summed E-state index contributed by atoms with van der Waals surface area (Å²) in [5.41, 5.74) is 1.04. The minimum Gasteiger partial charge on any atom is -0.321 e. The van der Waals surface area contributed by atoms with E-state index in [1.807, 2.05) is 6.92 Å². The molecule has 6 nitrogen and oxygen atoms in total. The molecular weight excluding hydrogens is 362 g/mol. The van der Waals surface area contributed by atoms with E-state index in [2.05, 4.69) is 5.32 Å². The van der Waals surface area contributed by atoms with Crippen LogP contribution in [-0.2, 0) is 9.59 Å². The third-order valence-corrected chi connectivity index (χ3v) is 5.22. The van der Waals surface area contributed by atoms with Gasteiger partial charge in [-0.05, 0) is 30.0 Å². The normalized spacial score (nSPS) is 19.4. The van der Waals surface area contributed by atoms with Crippen LogP contribution in [0.2, 0.25) is 5.02 Å². The molecule has 130 valence electrons. The monoisotopic (exact) mass is 378 g/mol. The van der Waals surface area contributed by atoms with Crippen LogP contribution in [0.4, 0.5) is 10.5 Å². The van der Waals surface area contributed by atoms with Crippen LogP contribution < -0.4 is 5.32 Å². The number of para-hydroxylation sites is 1. The Labute approximate surface area is 154 Å². The van der Waals surface area contributed by atoms with Gasteiger partial charge in [-0.25, -0.2) is 4.79 Å². The minimum absolute atomic E-state index is 0.172. The van der Waals surface area contributed by atoms with E-state index in [9.17, 15) is 14.4 Å². The molecular formula is C17H17ClN3O3S+. The van der Waals surface area contributed by atoms with Gasteiger partial charge in [0.2, 0.25) is 0 Å². The number of fused-ring (bicyclic) bond motifs is 1. The Morgan fingerprint density at radius 2 is 2.12 bits per heavy atom. The highest BCUT2D eigenvalue weighted by molar-refractivity contribution is 8.04. The number of hydrogen-bond acceptors (Lipinski definition) is 4. The molecule has 1 atom stereocenters. The first-order valence-corrected chi connectivity index (χ1v) is 9.21. The standard InChI is InChI=1S/C17H16ClN3O3S/c1-2-8-20-16(23)15-13(7-9-25-15)21(17(20)24)10-14(22)19-12-6-4-3-5-11(12)18/h3-7,9,15H,2,8,10H2,1H3/p+1. The van der Waals surface area contributed by atoms with Crippen LogP contribution in [0.25, 0.3) is 0 Å². The summed E-state index contributed by atoms with van der Waals surface area (Å²) in [5.74, 6) is -0.594. The molecule has 8 heteroatoms. The summed E-state index contributed by atoms with van der Waals surface area (Å²) in [6, 6.07) is 6.43. The summed E-state index contributed by atoms with van der Waals surface area (Å²) in [6.07, 6.45) is 2.38. The Morgan fingerprint density at radius 1 is 1.36 bits per heavy atom. The van der Waals surface area contributed by atoms with Crippen molar-refractivity contribution < 1.29 is 19.0 Å². The SMILES string of the molecule is CCCN1C(=O)C2SC=CC2=[N+](CC(=O)Nc2ccccc2Cl)C1=O. The molecule has 1 aromatic carbocycles. The molecule has 0 aromatic heterocycles. The number of hydrogen-bond donors (Lipinski definition) is 1. The van der Waals surface area contributed by atoms with Crippen molar-refractivity contribution in [3.8, 4) is 0 Å². The van der Waals surface area contributed by atoms with E-state index in [1.165, 1.54) is 21.2 Å². The number of anilines is 1. The molecule has 25 heavy (non-hydrogen) atoms. The summed E-state index contributed by atoms with van der Waals surface area (Å²) >= 11 is 7.39. The lowest BCUT2D eigenvalue weighted by atomic mass is 10.1. The van der Waals surface area contributed by atoms with E-state index in [4.69, 9.17) is 11.6 Å². The largest absolute Gasteiger partial charge is 0.501 e. The smallest absolute Gasteiger partial charge is 0.321 e. The van der Waals surface area contributed by atoms with Crippen molar-refractivity contribution in [1.82, 2.24) is 4.90 Å². The Kier molecular flexibility index (Phi) is 5.24. The van der Waals surface area contributed by atoms with Crippen molar-refractivity contribution in [3.05, 3.63) is 40.8 Å². The molecule has 1 unspecified atom stereocenters. The molecule has 1 aromatic rings. The van der Waals surface area contributed by atoms with Gasteiger partial charge in [-0.3, -0.25) is 4.79 Å². The van der Waals surface area contributed by atoms with Crippen LogP contribution in [0, 0.1) is 0 Å². The maximum atomic E-state index is 12.7. The van der Waals surface area contributed by atoms with Crippen molar-refractivity contribution >= 4 is 52.6 Å². The first-order chi connectivity index (χ1) is 12.0. The van der Waals surface area contributed by atoms with Gasteiger partial charge in [0.15, 0.2) is 11.8 Å². The van der Waals surface area contributed by atoms with Gasteiger partial charge in [-0.15, -0.1) is 11.8 Å². The number of imide groups is 1. The fourth-order valence-corrected chi connectivity index (χ4v) is 3.88. The number of amides is 4. The lowest BCUT2D eigenvalue weighted by Crippen LogP contribution is -2.56. The molecule has 4 amide bonds. The molecule has 1 N–H and O–H groups in total. The van der Waals surface area contributed by atoms with Crippen molar-refractivity contribution in [1.29, 1.82) is 0 Å². The first kappa shape index (κ1) is 17.7. The van der Waals surface area contributed by atoms with E-state index < -0.39 is 11.3 Å². The fraction of sp³-hybridized carbons (Fsp3) is 0.294. The second-order valence-corrected chi connectivity index (χ2v) is 7.05. The third-order valence-electron chi connectivity index (χ3n) is 3.88. The molecule has 2 heterocycles. The van der Waals surface area contributed by atoms with Gasteiger partial charge in [0, 0.05) is 0 Å². The van der Waals surface area contributed by atoms with Crippen LogP contribution in [0.3, 0.4) is 0 Å². The summed E-state index contributed by atoms with van der Waals surface area (Å²) in [6.45, 7) is 2.06. The number of carbonyl (C=O) groups excluding carboxylic acids is 3. The first-order valence-electron chi connectivity index (χ1n) is 7.89. The lowest BCUT2D eigenvalue weighted by Gasteiger charge is -2.23. The zero-order chi connectivity index (χ0) is 18.0. The zero-order valence-corrected chi connectivity index (χ0v) is 15.1. The van der Waals surface area contributed by atoms with Crippen LogP contribution in [0.5, 0.6) is 0 Å². The molecule has 2 aliphatic rings. The summed E-state index contributed by atoms with van der Waals surface area (Å²) < 4.78 is 1.37. The third kappa shape index (κ3) is 3.48. The van der Waals surface area contributed by atoms with Gasteiger partial charge >= 0.3 is 11.9 Å². The van der Waals surface area contributed by atoms with Crippen LogP contribution in [0.15, 0.2) is 35.7 Å². The summed E-state index contributed by atoms with van der Waals surface area (Å²) in [4.78, 5) is 38.8. The molecule has 0 bridgehead atoms. The molecule has 0 saturated heterocycles. The van der Waals surface area contributed by atoms with Crippen molar-refractivity contribution in [2.45, 2.75) is 18.6 Å². The number of urea groups is 1. The number of benzene rings is 1. The van der Waals surface area contributed by atoms with Crippen molar-refractivity contribution in [3.63, 3.8) is 0 Å². The van der Waals surface area contributed by atoms with E-state index in [1.54, 1.807) is 35.7 Å². The average molecular weight is 379 g/mol. The number of nitrogens with one attached hydrogen (secondary N) is 1. The van der Waals surface area contributed by atoms with Crippen molar-refractivity contribution in [2.75, 3.05) is 18.4 Å². The fourth-order valence-electron chi connectivity index (χ4n) is 2.74. The van der Waals surface area contributed by atoms with Gasteiger partial charge < -0.3 is 5.32 Å². The number of nitrogens with zero attached hydrogens (tertiary/aromatic N) is 2. The highest BCUT2D eigenvalue weighted by Gasteiger charge is 2.48. The Morgan fingerprint density at radius 3 is 2.84 bits per heavy atom. The average Bonchev–Trinajstić information content (AvgIpc) is 3.07. The second-order valence-electron chi connectivity index (χ2n) is 5.63. The number of thioether (sulfide) groups is 1. The maximum Gasteiger partial charge on any atom is 0.501 e. The maximum absolute atomic E-state index is 12.7. The minimum atomic E-state index is -0.461. The Hall–Kier alpha value is -2.12. The van der Waals surface area contributed by atoms with Gasteiger partial charge in [-0.2, -0.15) is 14.3 Å². The molecule has 2 aliphatic heterocycles. The summed E-state index contributed by atoms with van der Waals surface area (Å²) in [7, 11) is 0. The molecule has 0 saturated carbocycles. The van der Waals surface area contributed by atoms with Crippen LogP contribution in [0.1, 0.15) is 13.3 Å². The highest BCUT2D eigenvalue weighted by atomic mass is 35.5. The second kappa shape index (κ2) is 7.41. The van der Waals surface area contributed by atoms with Gasteiger partial charge in [-0.1, -0.05) is 30.7 Å². The number of allylic oxidation sites excluding steroid dienone is 1. The van der Waals surface area contributed by atoms with Gasteiger partial charge in [0.1, 0.15) is 5.71 Å². The highest BCUT2D eigenvalue weighted by Crippen LogP contribution is 2.28. The summed E-state index contributed by atoms with van der Waals surface area (Å²) in [5, 5.41) is 4.44. The lowest BCUT2D eigenvalue weighted by molar-refractivity contribution is -0.425.